The minimum absolute atomic E-state index is 0.00156. The molecule has 1 aliphatic rings. The number of nitrogens with one attached hydrogen (secondary N) is 1. The first-order valence-corrected chi connectivity index (χ1v) is 10.1. The first-order chi connectivity index (χ1) is 13.3. The fraction of sp³-hybridized carbons (Fsp3) is 0.222. The Morgan fingerprint density at radius 2 is 1.71 bits per heavy atom. The third kappa shape index (κ3) is 4.33. The number of morpholine rings is 1. The van der Waals surface area contributed by atoms with Crippen molar-refractivity contribution in [3.05, 3.63) is 58.6 Å². The number of carbonyl (C=O) groups is 2. The van der Waals surface area contributed by atoms with E-state index in [2.05, 4.69) is 5.32 Å². The highest BCUT2D eigenvalue weighted by molar-refractivity contribution is 7.89. The molecule has 28 heavy (non-hydrogen) atoms. The predicted molar refractivity (Wildman–Crippen MR) is 102 cm³/mol. The number of carboxylic acid groups (broad SMARTS) is 1. The molecule has 1 amide bonds. The summed E-state index contributed by atoms with van der Waals surface area (Å²) in [6.45, 7) is 1.10. The number of hydrogen-bond acceptors (Lipinski definition) is 5. The minimum Gasteiger partial charge on any atom is -0.478 e. The highest BCUT2D eigenvalue weighted by Gasteiger charge is 2.27. The van der Waals surface area contributed by atoms with Gasteiger partial charge in [-0.1, -0.05) is 11.6 Å². The Balaban J connectivity index is 1.84. The highest BCUT2D eigenvalue weighted by Crippen LogP contribution is 2.24. The molecular weight excluding hydrogens is 408 g/mol. The lowest BCUT2D eigenvalue weighted by Crippen LogP contribution is -2.40. The third-order valence-electron chi connectivity index (χ3n) is 4.18. The van der Waals surface area contributed by atoms with E-state index in [-0.39, 0.29) is 34.1 Å². The summed E-state index contributed by atoms with van der Waals surface area (Å²) in [4.78, 5) is 23.4. The van der Waals surface area contributed by atoms with Crippen LogP contribution in [0, 0.1) is 0 Å². The van der Waals surface area contributed by atoms with Crippen molar-refractivity contribution >= 4 is 39.2 Å². The SMILES string of the molecule is O=C(O)c1ccc(NC(=O)c2cc(S(=O)(=O)N3CCOCC3)ccc2Cl)cc1. The number of nitrogens with zero attached hydrogens (tertiary/aromatic N) is 1. The molecule has 148 valence electrons. The summed E-state index contributed by atoms with van der Waals surface area (Å²) in [5, 5.41) is 11.6. The molecule has 1 aliphatic heterocycles. The fourth-order valence-electron chi connectivity index (χ4n) is 2.67. The van der Waals surface area contributed by atoms with Crippen LogP contribution in [-0.2, 0) is 14.8 Å². The lowest BCUT2D eigenvalue weighted by atomic mass is 10.2. The van der Waals surface area contributed by atoms with Gasteiger partial charge in [0.25, 0.3) is 5.91 Å². The highest BCUT2D eigenvalue weighted by atomic mass is 35.5. The first kappa shape index (κ1) is 20.3. The van der Waals surface area contributed by atoms with Gasteiger partial charge < -0.3 is 15.2 Å². The van der Waals surface area contributed by atoms with E-state index in [9.17, 15) is 18.0 Å². The number of benzene rings is 2. The molecule has 8 nitrogen and oxygen atoms in total. The Morgan fingerprint density at radius 1 is 1.07 bits per heavy atom. The second-order valence-corrected chi connectivity index (χ2v) is 8.34. The maximum atomic E-state index is 12.8. The number of carbonyl (C=O) groups excluding carboxylic acids is 1. The third-order valence-corrected chi connectivity index (χ3v) is 6.40. The molecule has 1 fully saturated rings. The predicted octanol–water partition coefficient (Wildman–Crippen LogP) is 2.31. The van der Waals surface area contributed by atoms with E-state index in [1.807, 2.05) is 0 Å². The van der Waals surface area contributed by atoms with E-state index >= 15 is 0 Å². The molecule has 0 aromatic heterocycles. The van der Waals surface area contributed by atoms with Crippen molar-refractivity contribution in [3.63, 3.8) is 0 Å². The van der Waals surface area contributed by atoms with Gasteiger partial charge >= 0.3 is 5.97 Å². The van der Waals surface area contributed by atoms with Crippen molar-refractivity contribution in [2.24, 2.45) is 0 Å². The molecule has 2 N–H and O–H groups in total. The topological polar surface area (TPSA) is 113 Å². The van der Waals surface area contributed by atoms with Crippen LogP contribution in [0.25, 0.3) is 0 Å². The van der Waals surface area contributed by atoms with Gasteiger partial charge in [0.15, 0.2) is 0 Å². The Bertz CT molecular complexity index is 1000. The van der Waals surface area contributed by atoms with Crippen LogP contribution < -0.4 is 5.32 Å². The van der Waals surface area contributed by atoms with Gasteiger partial charge in [0.05, 0.1) is 34.3 Å². The zero-order valence-electron chi connectivity index (χ0n) is 14.6. The number of halogens is 1. The monoisotopic (exact) mass is 424 g/mol. The van der Waals surface area contributed by atoms with Crippen molar-refractivity contribution in [3.8, 4) is 0 Å². The van der Waals surface area contributed by atoms with E-state index in [0.717, 1.165) is 0 Å². The van der Waals surface area contributed by atoms with Crippen molar-refractivity contribution < 1.29 is 27.9 Å². The number of carboxylic acids is 1. The largest absolute Gasteiger partial charge is 0.478 e. The van der Waals surface area contributed by atoms with E-state index in [1.54, 1.807) is 0 Å². The van der Waals surface area contributed by atoms with E-state index < -0.39 is 21.9 Å². The van der Waals surface area contributed by atoms with Crippen LogP contribution in [0.3, 0.4) is 0 Å². The number of ether oxygens (including phenoxy) is 1. The maximum absolute atomic E-state index is 12.8. The first-order valence-electron chi connectivity index (χ1n) is 8.31. The van der Waals surface area contributed by atoms with E-state index in [1.165, 1.54) is 46.8 Å². The Labute approximate surface area is 166 Å². The van der Waals surface area contributed by atoms with Gasteiger partial charge in [-0.15, -0.1) is 0 Å². The fourth-order valence-corrected chi connectivity index (χ4v) is 4.31. The van der Waals surface area contributed by atoms with Gasteiger partial charge in [-0.3, -0.25) is 4.79 Å². The lowest BCUT2D eigenvalue weighted by molar-refractivity contribution is 0.0696. The normalized spacial score (nSPS) is 15.2. The van der Waals surface area contributed by atoms with Gasteiger partial charge in [-0.05, 0) is 42.5 Å². The zero-order chi connectivity index (χ0) is 20.3. The molecule has 0 spiro atoms. The summed E-state index contributed by atoms with van der Waals surface area (Å²) in [6.07, 6.45) is 0. The van der Waals surface area contributed by atoms with Gasteiger partial charge in [0.1, 0.15) is 0 Å². The Morgan fingerprint density at radius 3 is 2.32 bits per heavy atom. The van der Waals surface area contributed by atoms with Crippen molar-refractivity contribution in [2.45, 2.75) is 4.90 Å². The van der Waals surface area contributed by atoms with Crippen molar-refractivity contribution in [1.82, 2.24) is 4.31 Å². The molecule has 0 radical (unpaired) electrons. The van der Waals surface area contributed by atoms with E-state index in [4.69, 9.17) is 21.4 Å². The summed E-state index contributed by atoms with van der Waals surface area (Å²) in [6, 6.07) is 9.50. The Hall–Kier alpha value is -2.46. The average molecular weight is 425 g/mol. The molecule has 0 unspecified atom stereocenters. The molecule has 0 saturated carbocycles. The molecule has 0 aliphatic carbocycles. The Kier molecular flexibility index (Phi) is 5.99. The number of aromatic carboxylic acids is 1. The molecule has 0 bridgehead atoms. The summed E-state index contributed by atoms with van der Waals surface area (Å²) in [5.41, 5.74) is 0.431. The summed E-state index contributed by atoms with van der Waals surface area (Å²) < 4.78 is 32.0. The van der Waals surface area contributed by atoms with Gasteiger partial charge in [-0.25, -0.2) is 13.2 Å². The average Bonchev–Trinajstić information content (AvgIpc) is 2.69. The molecule has 1 heterocycles. The van der Waals surface area contributed by atoms with Crippen LogP contribution in [0.2, 0.25) is 5.02 Å². The van der Waals surface area contributed by atoms with Crippen LogP contribution in [0.15, 0.2) is 47.4 Å². The standard InChI is InChI=1S/C18H17ClN2O6S/c19-16-6-5-14(28(25,26)21-7-9-27-10-8-21)11-15(16)17(22)20-13-3-1-12(2-4-13)18(23)24/h1-6,11H,7-10H2,(H,20,22)(H,23,24). The molecule has 2 aromatic rings. The lowest BCUT2D eigenvalue weighted by Gasteiger charge is -2.26. The van der Waals surface area contributed by atoms with Gasteiger partial charge in [0, 0.05) is 18.8 Å². The van der Waals surface area contributed by atoms with Crippen LogP contribution in [0.4, 0.5) is 5.69 Å². The molecule has 10 heteroatoms. The summed E-state index contributed by atoms with van der Waals surface area (Å²) in [7, 11) is -3.77. The van der Waals surface area contributed by atoms with Crippen molar-refractivity contribution in [1.29, 1.82) is 0 Å². The van der Waals surface area contributed by atoms with Crippen molar-refractivity contribution in [2.75, 3.05) is 31.6 Å². The van der Waals surface area contributed by atoms with Crippen LogP contribution in [0.5, 0.6) is 0 Å². The van der Waals surface area contributed by atoms with Gasteiger partial charge in [-0.2, -0.15) is 4.31 Å². The molecule has 2 aromatic carbocycles. The van der Waals surface area contributed by atoms with Crippen LogP contribution >= 0.6 is 11.6 Å². The number of hydrogen-bond donors (Lipinski definition) is 2. The molecular formula is C18H17ClN2O6S. The maximum Gasteiger partial charge on any atom is 0.335 e. The van der Waals surface area contributed by atoms with E-state index in [0.29, 0.717) is 18.9 Å². The quantitative estimate of drug-likeness (QED) is 0.761. The number of anilines is 1. The smallest absolute Gasteiger partial charge is 0.335 e. The van der Waals surface area contributed by atoms with Crippen LogP contribution in [0.1, 0.15) is 20.7 Å². The second-order valence-electron chi connectivity index (χ2n) is 5.99. The van der Waals surface area contributed by atoms with Gasteiger partial charge in [0.2, 0.25) is 10.0 Å². The number of rotatable bonds is 5. The summed E-state index contributed by atoms with van der Waals surface area (Å²) >= 11 is 6.09. The second kappa shape index (κ2) is 8.27. The zero-order valence-corrected chi connectivity index (χ0v) is 16.2. The number of sulfonamides is 1. The molecule has 1 saturated heterocycles. The summed E-state index contributed by atoms with van der Waals surface area (Å²) in [5.74, 6) is -1.69. The van der Waals surface area contributed by atoms with Crippen LogP contribution in [-0.4, -0.2) is 56.0 Å². The minimum atomic E-state index is -3.77. The molecule has 0 atom stereocenters. The number of amides is 1. The molecule has 3 rings (SSSR count).